The molecule has 2 aromatic carbocycles. The van der Waals surface area contributed by atoms with Crippen molar-refractivity contribution in [3.05, 3.63) is 59.7 Å². The summed E-state index contributed by atoms with van der Waals surface area (Å²) in [5, 5.41) is 0. The average Bonchev–Trinajstić information content (AvgIpc) is 2.87. The van der Waals surface area contributed by atoms with E-state index in [-0.39, 0.29) is 16.9 Å². The van der Waals surface area contributed by atoms with Crippen molar-refractivity contribution in [1.82, 2.24) is 0 Å². The smallest absolute Gasteiger partial charge is 0.181 e. The zero-order chi connectivity index (χ0) is 28.2. The monoisotopic (exact) mass is 524 g/mol. The SMILES string of the molecule is CCCC[N+](CCCC)(CCCC)CC(COc1ccc(C(C)(C)C)cc1)Oc1ccc(C(C)(C)C)cc1. The van der Waals surface area contributed by atoms with Crippen LogP contribution in [0.2, 0.25) is 0 Å². The maximum atomic E-state index is 6.74. The molecule has 0 heterocycles. The zero-order valence-corrected chi connectivity index (χ0v) is 26.2. The summed E-state index contributed by atoms with van der Waals surface area (Å²) in [4.78, 5) is 0. The molecule has 0 aliphatic carbocycles. The number of quaternary nitrogens is 1. The van der Waals surface area contributed by atoms with Crippen molar-refractivity contribution in [2.24, 2.45) is 0 Å². The van der Waals surface area contributed by atoms with Crippen LogP contribution < -0.4 is 9.47 Å². The van der Waals surface area contributed by atoms with E-state index in [0.717, 1.165) is 22.5 Å². The maximum absolute atomic E-state index is 6.74. The van der Waals surface area contributed by atoms with Crippen molar-refractivity contribution >= 4 is 0 Å². The Morgan fingerprint density at radius 1 is 0.605 bits per heavy atom. The lowest BCUT2D eigenvalue weighted by atomic mass is 9.87. The van der Waals surface area contributed by atoms with E-state index in [1.807, 2.05) is 0 Å². The highest BCUT2D eigenvalue weighted by molar-refractivity contribution is 5.32. The molecule has 0 aliphatic heterocycles. The van der Waals surface area contributed by atoms with Crippen LogP contribution in [0.25, 0.3) is 0 Å². The third-order valence-corrected chi connectivity index (χ3v) is 7.73. The molecule has 1 atom stereocenters. The van der Waals surface area contributed by atoms with Crippen LogP contribution in [0.4, 0.5) is 0 Å². The molecule has 0 bridgehead atoms. The van der Waals surface area contributed by atoms with Crippen LogP contribution >= 0.6 is 0 Å². The first-order valence-electron chi connectivity index (χ1n) is 15.3. The predicted molar refractivity (Wildman–Crippen MR) is 165 cm³/mol. The number of rotatable bonds is 16. The van der Waals surface area contributed by atoms with Gasteiger partial charge in [0.25, 0.3) is 0 Å². The average molecular weight is 525 g/mol. The van der Waals surface area contributed by atoms with E-state index in [0.29, 0.717) is 6.61 Å². The number of unbranched alkanes of at least 4 members (excludes halogenated alkanes) is 3. The third kappa shape index (κ3) is 10.6. The first-order chi connectivity index (χ1) is 17.9. The molecule has 1 unspecified atom stereocenters. The van der Waals surface area contributed by atoms with Gasteiger partial charge in [-0.05, 0) is 65.5 Å². The van der Waals surface area contributed by atoms with Gasteiger partial charge in [-0.15, -0.1) is 0 Å². The molecule has 0 saturated carbocycles. The van der Waals surface area contributed by atoms with Gasteiger partial charge in [-0.1, -0.05) is 106 Å². The molecular formula is C35H58NO2+. The van der Waals surface area contributed by atoms with Crippen LogP contribution in [0.15, 0.2) is 48.5 Å². The standard InChI is InChI=1S/C35H58NO2/c1-10-13-24-36(25-14-11-2,26-15-12-3)27-33(38-32-22-18-30(19-23-32)35(7,8)9)28-37-31-20-16-29(17-21-31)34(4,5)6/h16-23,33H,10-15,24-28H2,1-9H3/q+1. The van der Waals surface area contributed by atoms with Crippen LogP contribution in [0.3, 0.4) is 0 Å². The molecular weight excluding hydrogens is 466 g/mol. The van der Waals surface area contributed by atoms with Crippen LogP contribution in [-0.2, 0) is 10.8 Å². The molecule has 38 heavy (non-hydrogen) atoms. The third-order valence-electron chi connectivity index (χ3n) is 7.73. The lowest BCUT2D eigenvalue weighted by molar-refractivity contribution is -0.931. The first-order valence-corrected chi connectivity index (χ1v) is 15.3. The van der Waals surface area contributed by atoms with Crippen LogP contribution in [0.1, 0.15) is 112 Å². The van der Waals surface area contributed by atoms with Gasteiger partial charge in [0.2, 0.25) is 0 Å². The van der Waals surface area contributed by atoms with Gasteiger partial charge in [-0.3, -0.25) is 0 Å². The second kappa shape index (κ2) is 15.0. The fourth-order valence-electron chi connectivity index (χ4n) is 5.11. The van der Waals surface area contributed by atoms with E-state index in [1.54, 1.807) is 0 Å². The molecule has 0 aromatic heterocycles. The van der Waals surface area contributed by atoms with Gasteiger partial charge in [0.05, 0.1) is 19.6 Å². The van der Waals surface area contributed by atoms with Gasteiger partial charge in [0.1, 0.15) is 24.7 Å². The summed E-state index contributed by atoms with van der Waals surface area (Å²) in [6.07, 6.45) is 7.46. The van der Waals surface area contributed by atoms with Gasteiger partial charge in [0, 0.05) is 0 Å². The molecule has 0 saturated heterocycles. The van der Waals surface area contributed by atoms with E-state index < -0.39 is 0 Å². The van der Waals surface area contributed by atoms with Crippen molar-refractivity contribution < 1.29 is 14.0 Å². The van der Waals surface area contributed by atoms with E-state index in [4.69, 9.17) is 9.47 Å². The highest BCUT2D eigenvalue weighted by Crippen LogP contribution is 2.27. The molecule has 2 rings (SSSR count). The lowest BCUT2D eigenvalue weighted by Crippen LogP contribution is -2.56. The summed E-state index contributed by atoms with van der Waals surface area (Å²) >= 11 is 0. The molecule has 0 fully saturated rings. The van der Waals surface area contributed by atoms with Crippen LogP contribution in [0, 0.1) is 0 Å². The second-order valence-corrected chi connectivity index (χ2v) is 13.4. The highest BCUT2D eigenvalue weighted by Gasteiger charge is 2.31. The van der Waals surface area contributed by atoms with Crippen molar-refractivity contribution in [1.29, 1.82) is 0 Å². The quantitative estimate of drug-likeness (QED) is 0.204. The summed E-state index contributed by atoms with van der Waals surface area (Å²) in [5.74, 6) is 1.86. The zero-order valence-electron chi connectivity index (χ0n) is 26.2. The van der Waals surface area contributed by atoms with Crippen LogP contribution in [-0.4, -0.2) is 43.4 Å². The van der Waals surface area contributed by atoms with Gasteiger partial charge in [0.15, 0.2) is 6.10 Å². The second-order valence-electron chi connectivity index (χ2n) is 13.4. The highest BCUT2D eigenvalue weighted by atomic mass is 16.5. The number of nitrogens with zero attached hydrogens (tertiary/aromatic N) is 1. The Labute approximate surface area is 235 Å². The maximum Gasteiger partial charge on any atom is 0.181 e. The minimum Gasteiger partial charge on any atom is -0.489 e. The van der Waals surface area contributed by atoms with Gasteiger partial charge >= 0.3 is 0 Å². The fourth-order valence-corrected chi connectivity index (χ4v) is 5.11. The number of hydrogen-bond acceptors (Lipinski definition) is 2. The van der Waals surface area contributed by atoms with Crippen LogP contribution in [0.5, 0.6) is 11.5 Å². The molecule has 0 radical (unpaired) electrons. The summed E-state index contributed by atoms with van der Waals surface area (Å²) < 4.78 is 14.3. The Balaban J connectivity index is 2.30. The largest absolute Gasteiger partial charge is 0.489 e. The number of ether oxygens (including phenoxy) is 2. The normalized spacial score (nSPS) is 13.4. The van der Waals surface area contributed by atoms with Gasteiger partial charge in [-0.25, -0.2) is 0 Å². The Hall–Kier alpha value is -2.00. The van der Waals surface area contributed by atoms with Gasteiger partial charge < -0.3 is 14.0 Å². The Kier molecular flexibility index (Phi) is 12.7. The molecule has 0 amide bonds. The molecule has 0 aliphatic rings. The molecule has 0 N–H and O–H groups in total. The van der Waals surface area contributed by atoms with Crippen molar-refractivity contribution in [2.45, 2.75) is 118 Å². The van der Waals surface area contributed by atoms with E-state index in [2.05, 4.69) is 111 Å². The molecule has 0 spiro atoms. The van der Waals surface area contributed by atoms with Gasteiger partial charge in [-0.2, -0.15) is 0 Å². The molecule has 214 valence electrons. The van der Waals surface area contributed by atoms with E-state index >= 15 is 0 Å². The Morgan fingerprint density at radius 2 is 1.00 bits per heavy atom. The molecule has 2 aromatic rings. The van der Waals surface area contributed by atoms with E-state index in [9.17, 15) is 0 Å². The summed E-state index contributed by atoms with van der Waals surface area (Å²) in [6, 6.07) is 17.3. The molecule has 3 nitrogen and oxygen atoms in total. The predicted octanol–water partition coefficient (Wildman–Crippen LogP) is 9.33. The minimum absolute atomic E-state index is 0.0108. The lowest BCUT2D eigenvalue weighted by Gasteiger charge is -2.41. The topological polar surface area (TPSA) is 18.5 Å². The number of benzene rings is 2. The Bertz CT molecular complexity index is 881. The summed E-state index contributed by atoms with van der Waals surface area (Å²) in [5.41, 5.74) is 2.92. The first kappa shape index (κ1) is 32.2. The Morgan fingerprint density at radius 3 is 1.37 bits per heavy atom. The molecule has 3 heteroatoms. The minimum atomic E-state index is -0.0108. The van der Waals surface area contributed by atoms with E-state index in [1.165, 1.54) is 69.3 Å². The van der Waals surface area contributed by atoms with Crippen molar-refractivity contribution in [3.8, 4) is 11.5 Å². The summed E-state index contributed by atoms with van der Waals surface area (Å²) in [6.45, 7) is 25.6. The fraction of sp³-hybridized carbons (Fsp3) is 0.657. The number of hydrogen-bond donors (Lipinski definition) is 0. The van der Waals surface area contributed by atoms with Crippen molar-refractivity contribution in [3.63, 3.8) is 0 Å². The van der Waals surface area contributed by atoms with Crippen molar-refractivity contribution in [2.75, 3.05) is 32.8 Å². The summed E-state index contributed by atoms with van der Waals surface area (Å²) in [7, 11) is 0.